The van der Waals surface area contributed by atoms with E-state index < -0.39 is 5.54 Å². The second kappa shape index (κ2) is 9.83. The lowest BCUT2D eigenvalue weighted by molar-refractivity contribution is -0.149. The maximum absolute atomic E-state index is 12.3. The monoisotopic (exact) mass is 279 g/mol. The molecule has 1 aliphatic carbocycles. The summed E-state index contributed by atoms with van der Waals surface area (Å²) in [6.45, 7) is 0.426. The fraction of sp³-hybridized carbons (Fsp3) is 0.824. The third-order valence-electron chi connectivity index (χ3n) is 4.31. The van der Waals surface area contributed by atoms with Crippen LogP contribution in [-0.4, -0.2) is 25.2 Å². The second-order valence-electron chi connectivity index (χ2n) is 5.81. The average molecular weight is 279 g/mol. The Kier molecular flexibility index (Phi) is 8.37. The number of esters is 1. The lowest BCUT2D eigenvalue weighted by Gasteiger charge is -2.32. The number of ether oxygens (including phenoxy) is 1. The molecule has 0 heterocycles. The SMILES string of the molecule is C#CCNC1(C(=O)OC)CCCCCCCCCCC1. The summed E-state index contributed by atoms with van der Waals surface area (Å²) < 4.78 is 5.04. The number of rotatable bonds is 3. The summed E-state index contributed by atoms with van der Waals surface area (Å²) in [6.07, 6.45) is 18.1. The van der Waals surface area contributed by atoms with E-state index in [4.69, 9.17) is 11.2 Å². The van der Waals surface area contributed by atoms with Gasteiger partial charge in [0, 0.05) is 0 Å². The molecule has 1 N–H and O–H groups in total. The zero-order chi connectivity index (χ0) is 14.7. The highest BCUT2D eigenvalue weighted by molar-refractivity contribution is 5.80. The minimum atomic E-state index is -0.569. The van der Waals surface area contributed by atoms with E-state index in [-0.39, 0.29) is 5.97 Å². The van der Waals surface area contributed by atoms with E-state index in [0.29, 0.717) is 6.54 Å². The molecular formula is C17H29NO2. The predicted molar refractivity (Wildman–Crippen MR) is 82.4 cm³/mol. The van der Waals surface area contributed by atoms with Crippen molar-refractivity contribution >= 4 is 5.97 Å². The normalized spacial score (nSPS) is 21.0. The van der Waals surface area contributed by atoms with E-state index in [0.717, 1.165) is 25.7 Å². The number of methoxy groups -OCH3 is 1. The highest BCUT2D eigenvalue weighted by atomic mass is 16.5. The Morgan fingerprint density at radius 1 is 1.05 bits per heavy atom. The Morgan fingerprint density at radius 3 is 1.90 bits per heavy atom. The van der Waals surface area contributed by atoms with Crippen LogP contribution < -0.4 is 5.32 Å². The van der Waals surface area contributed by atoms with Gasteiger partial charge < -0.3 is 4.74 Å². The lowest BCUT2D eigenvalue weighted by atomic mass is 9.85. The first-order chi connectivity index (χ1) is 9.75. The summed E-state index contributed by atoms with van der Waals surface area (Å²) >= 11 is 0. The van der Waals surface area contributed by atoms with Gasteiger partial charge in [-0.2, -0.15) is 0 Å². The van der Waals surface area contributed by atoms with Gasteiger partial charge in [0.15, 0.2) is 0 Å². The zero-order valence-corrected chi connectivity index (χ0v) is 12.9. The molecule has 1 fully saturated rings. The molecule has 3 heteroatoms. The summed E-state index contributed by atoms with van der Waals surface area (Å²) in [5.41, 5.74) is -0.569. The van der Waals surface area contributed by atoms with Crippen molar-refractivity contribution in [3.8, 4) is 12.3 Å². The van der Waals surface area contributed by atoms with E-state index in [1.54, 1.807) is 0 Å². The molecule has 0 unspecified atom stereocenters. The van der Waals surface area contributed by atoms with E-state index in [9.17, 15) is 4.79 Å². The van der Waals surface area contributed by atoms with Crippen molar-refractivity contribution in [2.75, 3.05) is 13.7 Å². The van der Waals surface area contributed by atoms with Gasteiger partial charge in [-0.1, -0.05) is 63.7 Å². The van der Waals surface area contributed by atoms with E-state index in [1.165, 1.54) is 52.1 Å². The van der Waals surface area contributed by atoms with Crippen LogP contribution in [0.2, 0.25) is 0 Å². The number of nitrogens with one attached hydrogen (secondary N) is 1. The molecule has 0 saturated heterocycles. The molecule has 20 heavy (non-hydrogen) atoms. The molecule has 0 aliphatic heterocycles. The third-order valence-corrected chi connectivity index (χ3v) is 4.31. The molecule has 0 bridgehead atoms. The smallest absolute Gasteiger partial charge is 0.326 e. The Labute approximate surface area is 123 Å². The van der Waals surface area contributed by atoms with Gasteiger partial charge in [-0.25, -0.2) is 0 Å². The van der Waals surface area contributed by atoms with Crippen molar-refractivity contribution in [1.29, 1.82) is 0 Å². The molecule has 0 atom stereocenters. The van der Waals surface area contributed by atoms with Gasteiger partial charge >= 0.3 is 5.97 Å². The van der Waals surface area contributed by atoms with Crippen molar-refractivity contribution in [1.82, 2.24) is 5.32 Å². The van der Waals surface area contributed by atoms with Crippen LogP contribution in [0.4, 0.5) is 0 Å². The number of carbonyl (C=O) groups excluding carboxylic acids is 1. The Morgan fingerprint density at radius 2 is 1.50 bits per heavy atom. The van der Waals surface area contributed by atoms with Crippen molar-refractivity contribution in [2.45, 2.75) is 76.2 Å². The highest BCUT2D eigenvalue weighted by Crippen LogP contribution is 2.26. The first kappa shape index (κ1) is 17.0. The molecule has 0 radical (unpaired) electrons. The molecule has 0 aromatic carbocycles. The molecule has 0 spiro atoms. The molecule has 1 saturated carbocycles. The molecular weight excluding hydrogens is 250 g/mol. The molecule has 0 aromatic heterocycles. The van der Waals surface area contributed by atoms with E-state index in [2.05, 4.69) is 11.2 Å². The van der Waals surface area contributed by atoms with Gasteiger partial charge in [0.1, 0.15) is 5.54 Å². The van der Waals surface area contributed by atoms with Crippen LogP contribution in [-0.2, 0) is 9.53 Å². The standard InChI is InChI=1S/C17H29NO2/c1-3-15-18-17(16(19)20-2)13-11-9-7-5-4-6-8-10-12-14-17/h1,18H,4-15H2,2H3. The first-order valence-electron chi connectivity index (χ1n) is 8.02. The van der Waals surface area contributed by atoms with Crippen LogP contribution in [0.5, 0.6) is 0 Å². The van der Waals surface area contributed by atoms with Crippen LogP contribution in [0.3, 0.4) is 0 Å². The first-order valence-corrected chi connectivity index (χ1v) is 8.02. The quantitative estimate of drug-likeness (QED) is 0.635. The molecule has 0 aromatic rings. The molecule has 3 nitrogen and oxygen atoms in total. The average Bonchev–Trinajstić information content (AvgIpc) is 2.46. The summed E-state index contributed by atoms with van der Waals surface area (Å²) in [7, 11) is 1.47. The van der Waals surface area contributed by atoms with Crippen LogP contribution in [0.15, 0.2) is 0 Å². The van der Waals surface area contributed by atoms with Crippen molar-refractivity contribution < 1.29 is 9.53 Å². The minimum Gasteiger partial charge on any atom is -0.468 e. The number of carbonyl (C=O) groups is 1. The van der Waals surface area contributed by atoms with Gasteiger partial charge in [0.25, 0.3) is 0 Å². The van der Waals surface area contributed by atoms with Gasteiger partial charge in [-0.15, -0.1) is 6.42 Å². The molecule has 114 valence electrons. The van der Waals surface area contributed by atoms with Gasteiger partial charge in [-0.05, 0) is 12.8 Å². The summed E-state index contributed by atoms with van der Waals surface area (Å²) in [5, 5.41) is 3.28. The Balaban J connectivity index is 2.71. The largest absolute Gasteiger partial charge is 0.468 e. The minimum absolute atomic E-state index is 0.148. The number of hydrogen-bond acceptors (Lipinski definition) is 3. The second-order valence-corrected chi connectivity index (χ2v) is 5.81. The molecule has 0 amide bonds. The topological polar surface area (TPSA) is 38.3 Å². The van der Waals surface area contributed by atoms with E-state index >= 15 is 0 Å². The van der Waals surface area contributed by atoms with Crippen molar-refractivity contribution in [3.05, 3.63) is 0 Å². The summed E-state index contributed by atoms with van der Waals surface area (Å²) in [6, 6.07) is 0. The summed E-state index contributed by atoms with van der Waals surface area (Å²) in [5.74, 6) is 2.44. The van der Waals surface area contributed by atoms with Crippen molar-refractivity contribution in [3.63, 3.8) is 0 Å². The maximum atomic E-state index is 12.3. The molecule has 1 aliphatic rings. The van der Waals surface area contributed by atoms with Crippen LogP contribution in [0.25, 0.3) is 0 Å². The fourth-order valence-corrected chi connectivity index (χ4v) is 3.08. The Bertz CT molecular complexity index is 307. The van der Waals surface area contributed by atoms with Gasteiger partial charge in [0.2, 0.25) is 0 Å². The summed E-state index contributed by atoms with van der Waals surface area (Å²) in [4.78, 5) is 12.3. The third kappa shape index (κ3) is 5.54. The molecule has 1 rings (SSSR count). The van der Waals surface area contributed by atoms with Gasteiger partial charge in [0.05, 0.1) is 13.7 Å². The van der Waals surface area contributed by atoms with Crippen LogP contribution in [0.1, 0.15) is 70.6 Å². The predicted octanol–water partition coefficient (Wildman–Crippen LogP) is 3.43. The number of hydrogen-bond donors (Lipinski definition) is 1. The number of terminal acetylenes is 1. The van der Waals surface area contributed by atoms with E-state index in [1.807, 2.05) is 0 Å². The van der Waals surface area contributed by atoms with Gasteiger partial charge in [-0.3, -0.25) is 10.1 Å². The van der Waals surface area contributed by atoms with Crippen LogP contribution >= 0.6 is 0 Å². The zero-order valence-electron chi connectivity index (χ0n) is 12.9. The Hall–Kier alpha value is -1.01. The fourth-order valence-electron chi connectivity index (χ4n) is 3.08. The van der Waals surface area contributed by atoms with Crippen molar-refractivity contribution in [2.24, 2.45) is 0 Å². The van der Waals surface area contributed by atoms with Crippen LogP contribution in [0, 0.1) is 12.3 Å². The lowest BCUT2D eigenvalue weighted by Crippen LogP contribution is -2.53. The maximum Gasteiger partial charge on any atom is 0.326 e. The highest BCUT2D eigenvalue weighted by Gasteiger charge is 2.37.